The first kappa shape index (κ1) is 15.8. The minimum absolute atomic E-state index is 0.0182. The molecule has 0 heterocycles. The summed E-state index contributed by atoms with van der Waals surface area (Å²) in [6.45, 7) is 2.08. The molecule has 2 aliphatic rings. The van der Waals surface area contributed by atoms with Gasteiger partial charge in [-0.25, -0.2) is 0 Å². The van der Waals surface area contributed by atoms with Gasteiger partial charge in [0.25, 0.3) is 0 Å². The Balaban J connectivity index is 2.30. The van der Waals surface area contributed by atoms with Gasteiger partial charge in [-0.2, -0.15) is 0 Å². The number of halogens is 1. The molecule has 2 aliphatic carbocycles. The summed E-state index contributed by atoms with van der Waals surface area (Å²) < 4.78 is 6.22. The van der Waals surface area contributed by atoms with E-state index in [1.54, 1.807) is 13.2 Å². The number of hydrogen-bond acceptors (Lipinski definition) is 4. The highest BCUT2D eigenvalue weighted by molar-refractivity contribution is 9.10. The third-order valence-electron chi connectivity index (χ3n) is 5.58. The molecule has 1 aromatic carbocycles. The van der Waals surface area contributed by atoms with Gasteiger partial charge < -0.3 is 15.6 Å². The summed E-state index contributed by atoms with van der Waals surface area (Å²) in [6, 6.07) is 1.81. The number of phenolic OH excluding ortho intramolecular Hbond substituents is 1. The van der Waals surface area contributed by atoms with Gasteiger partial charge in [0.15, 0.2) is 11.5 Å². The number of fused-ring (bicyclic) bond motifs is 3. The van der Waals surface area contributed by atoms with Crippen LogP contribution < -0.4 is 10.5 Å². The molecule has 0 aliphatic heterocycles. The monoisotopic (exact) mass is 367 g/mol. The summed E-state index contributed by atoms with van der Waals surface area (Å²) in [7, 11) is 1.55. The Labute approximate surface area is 139 Å². The van der Waals surface area contributed by atoms with E-state index in [1.165, 1.54) is 0 Å². The van der Waals surface area contributed by atoms with Crippen LogP contribution in [0.1, 0.15) is 43.7 Å². The maximum Gasteiger partial charge on any atom is 0.161 e. The molecular formula is C17H22BrNO3. The highest BCUT2D eigenvalue weighted by Crippen LogP contribution is 2.56. The number of nitrogens with two attached hydrogens (primary N) is 1. The molecule has 2 unspecified atom stereocenters. The molecule has 120 valence electrons. The average Bonchev–Trinajstić information content (AvgIpc) is 2.50. The lowest BCUT2D eigenvalue weighted by Crippen LogP contribution is -2.53. The van der Waals surface area contributed by atoms with Crippen molar-refractivity contribution in [3.8, 4) is 11.5 Å². The lowest BCUT2D eigenvalue weighted by Gasteiger charge is -2.50. The third kappa shape index (κ3) is 2.09. The number of hydrogen-bond donors (Lipinski definition) is 2. The topological polar surface area (TPSA) is 72.6 Å². The molecule has 3 N–H and O–H groups in total. The molecule has 4 nitrogen and oxygen atoms in total. The molecule has 1 aromatic rings. The Hall–Kier alpha value is -1.07. The maximum absolute atomic E-state index is 12.2. The lowest BCUT2D eigenvalue weighted by molar-refractivity contribution is -0.124. The van der Waals surface area contributed by atoms with Crippen LogP contribution >= 0.6 is 15.9 Å². The lowest BCUT2D eigenvalue weighted by atomic mass is 9.54. The molecular weight excluding hydrogens is 346 g/mol. The van der Waals surface area contributed by atoms with Gasteiger partial charge in [-0.1, -0.05) is 22.9 Å². The molecule has 3 atom stereocenters. The van der Waals surface area contributed by atoms with Gasteiger partial charge in [-0.15, -0.1) is 0 Å². The van der Waals surface area contributed by atoms with E-state index in [4.69, 9.17) is 10.5 Å². The van der Waals surface area contributed by atoms with Gasteiger partial charge in [-0.05, 0) is 36.8 Å². The van der Waals surface area contributed by atoms with Gasteiger partial charge >= 0.3 is 0 Å². The Morgan fingerprint density at radius 1 is 1.55 bits per heavy atom. The number of rotatable bonds is 2. The van der Waals surface area contributed by atoms with E-state index in [-0.39, 0.29) is 28.9 Å². The van der Waals surface area contributed by atoms with E-state index >= 15 is 0 Å². The van der Waals surface area contributed by atoms with E-state index in [0.717, 1.165) is 28.4 Å². The van der Waals surface area contributed by atoms with Crippen molar-refractivity contribution in [2.45, 2.75) is 50.5 Å². The Bertz CT molecular complexity index is 631. The molecule has 0 aromatic heterocycles. The zero-order chi connectivity index (χ0) is 16.1. The van der Waals surface area contributed by atoms with Crippen LogP contribution in [-0.2, 0) is 16.6 Å². The first-order valence-electron chi connectivity index (χ1n) is 7.80. The van der Waals surface area contributed by atoms with Crippen molar-refractivity contribution in [3.05, 3.63) is 21.7 Å². The van der Waals surface area contributed by atoms with Crippen LogP contribution in [0.15, 0.2) is 10.5 Å². The van der Waals surface area contributed by atoms with Crippen molar-refractivity contribution < 1.29 is 14.6 Å². The predicted molar refractivity (Wildman–Crippen MR) is 88.4 cm³/mol. The molecule has 22 heavy (non-hydrogen) atoms. The number of benzene rings is 1. The predicted octanol–water partition coefficient (Wildman–Crippen LogP) is 3.06. The molecule has 1 saturated carbocycles. The number of carbonyl (C=O) groups excluding carboxylic acids is 1. The number of methoxy groups -OCH3 is 1. The largest absolute Gasteiger partial charge is 0.504 e. The highest BCUT2D eigenvalue weighted by Gasteiger charge is 2.52. The van der Waals surface area contributed by atoms with Crippen LogP contribution in [0.5, 0.6) is 11.5 Å². The fourth-order valence-corrected chi connectivity index (χ4v) is 5.12. The zero-order valence-corrected chi connectivity index (χ0v) is 14.6. The molecule has 0 bridgehead atoms. The second kappa shape index (κ2) is 5.53. The molecule has 1 fully saturated rings. The zero-order valence-electron chi connectivity index (χ0n) is 13.0. The Morgan fingerprint density at radius 2 is 2.27 bits per heavy atom. The van der Waals surface area contributed by atoms with Crippen molar-refractivity contribution in [2.24, 2.45) is 11.7 Å². The summed E-state index contributed by atoms with van der Waals surface area (Å²) >= 11 is 3.59. The van der Waals surface area contributed by atoms with Gasteiger partial charge in [0.1, 0.15) is 5.78 Å². The molecule has 5 heteroatoms. The highest BCUT2D eigenvalue weighted by atomic mass is 79.9. The summed E-state index contributed by atoms with van der Waals surface area (Å²) in [5.41, 5.74) is 7.99. The van der Waals surface area contributed by atoms with Crippen LogP contribution in [-0.4, -0.2) is 24.0 Å². The minimum Gasteiger partial charge on any atom is -0.504 e. The van der Waals surface area contributed by atoms with Crippen LogP contribution in [0.3, 0.4) is 0 Å². The standard InChI is InChI=1S/C17H22BrNO3/c1-3-17-8-9(20)4-5-11(17)13(19)6-10-12(18)7-14(22-2)16(21)15(10)17/h7,11,13,21H,3-6,8,19H2,1-2H3/t11?,13?,17-/m1/s1. The van der Waals surface area contributed by atoms with Crippen molar-refractivity contribution in [2.75, 3.05) is 7.11 Å². The van der Waals surface area contributed by atoms with E-state index in [1.807, 2.05) is 0 Å². The smallest absolute Gasteiger partial charge is 0.161 e. The Morgan fingerprint density at radius 3 is 2.91 bits per heavy atom. The minimum atomic E-state index is -0.372. The number of ether oxygens (including phenoxy) is 1. The maximum atomic E-state index is 12.2. The van der Waals surface area contributed by atoms with E-state index in [2.05, 4.69) is 22.9 Å². The van der Waals surface area contributed by atoms with Gasteiger partial charge in [0, 0.05) is 34.3 Å². The van der Waals surface area contributed by atoms with Crippen molar-refractivity contribution >= 4 is 21.7 Å². The summed E-state index contributed by atoms with van der Waals surface area (Å²) in [5.74, 6) is 1.11. The van der Waals surface area contributed by atoms with Gasteiger partial charge in [-0.3, -0.25) is 4.79 Å². The second-order valence-corrected chi connectivity index (χ2v) is 7.36. The second-order valence-electron chi connectivity index (χ2n) is 6.50. The summed E-state index contributed by atoms with van der Waals surface area (Å²) in [6.07, 6.45) is 3.37. The average molecular weight is 368 g/mol. The number of Topliss-reactive ketones (excluding diaryl/α,β-unsaturated/α-hetero) is 1. The van der Waals surface area contributed by atoms with Gasteiger partial charge in [0.05, 0.1) is 7.11 Å². The number of aromatic hydroxyl groups is 1. The van der Waals surface area contributed by atoms with E-state index in [0.29, 0.717) is 25.0 Å². The number of ketones is 1. The third-order valence-corrected chi connectivity index (χ3v) is 6.29. The molecule has 0 saturated heterocycles. The van der Waals surface area contributed by atoms with Crippen molar-refractivity contribution in [1.82, 2.24) is 0 Å². The van der Waals surface area contributed by atoms with Gasteiger partial charge in [0.2, 0.25) is 0 Å². The normalized spacial score (nSPS) is 30.6. The van der Waals surface area contributed by atoms with Crippen molar-refractivity contribution in [1.29, 1.82) is 0 Å². The number of carbonyl (C=O) groups is 1. The van der Waals surface area contributed by atoms with Crippen LogP contribution in [0, 0.1) is 5.92 Å². The molecule has 0 spiro atoms. The van der Waals surface area contributed by atoms with Crippen molar-refractivity contribution in [3.63, 3.8) is 0 Å². The SMILES string of the molecule is CC[C@@]12CC(=O)CCC1C(N)Cc1c(Br)cc(OC)c(O)c12. The summed E-state index contributed by atoms with van der Waals surface area (Å²) in [5, 5.41) is 10.8. The van der Waals surface area contributed by atoms with Crippen LogP contribution in [0.2, 0.25) is 0 Å². The van der Waals surface area contributed by atoms with Crippen LogP contribution in [0.4, 0.5) is 0 Å². The fourth-order valence-electron chi connectivity index (χ4n) is 4.55. The fraction of sp³-hybridized carbons (Fsp3) is 0.588. The first-order chi connectivity index (χ1) is 10.4. The first-order valence-corrected chi connectivity index (χ1v) is 8.60. The summed E-state index contributed by atoms with van der Waals surface area (Å²) in [4.78, 5) is 12.2. The van der Waals surface area contributed by atoms with E-state index in [9.17, 15) is 9.90 Å². The number of phenols is 1. The molecule has 0 amide bonds. The molecule has 3 rings (SSSR count). The molecule has 0 radical (unpaired) electrons. The Kier molecular flexibility index (Phi) is 3.98. The quantitative estimate of drug-likeness (QED) is 0.842. The van der Waals surface area contributed by atoms with E-state index < -0.39 is 0 Å². The van der Waals surface area contributed by atoms with Crippen LogP contribution in [0.25, 0.3) is 0 Å².